The lowest BCUT2D eigenvalue weighted by molar-refractivity contribution is -0.153. The SMILES string of the molecule is CCOC(=O)[C@H]1C(=O)NC(N2CCN(c3ccc(F)cc3)CC2)=N[C@H]1c1cccc(C)c1. The molecule has 2 aromatic rings. The first kappa shape index (κ1) is 21.8. The Bertz CT molecular complexity index is 1020. The van der Waals surface area contributed by atoms with E-state index in [9.17, 15) is 14.0 Å². The number of hydrogen-bond donors (Lipinski definition) is 1. The zero-order chi connectivity index (χ0) is 22.7. The number of benzene rings is 2. The quantitative estimate of drug-likeness (QED) is 0.587. The summed E-state index contributed by atoms with van der Waals surface area (Å²) in [5.74, 6) is -1.78. The Labute approximate surface area is 186 Å². The Morgan fingerprint density at radius 3 is 2.47 bits per heavy atom. The van der Waals surface area contributed by atoms with Crippen molar-refractivity contribution in [2.45, 2.75) is 19.9 Å². The average molecular weight is 439 g/mol. The van der Waals surface area contributed by atoms with Crippen LogP contribution >= 0.6 is 0 Å². The number of amides is 1. The summed E-state index contributed by atoms with van der Waals surface area (Å²) < 4.78 is 18.4. The number of carbonyl (C=O) groups is 2. The van der Waals surface area contributed by atoms with Gasteiger partial charge in [0.05, 0.1) is 6.61 Å². The monoisotopic (exact) mass is 438 g/mol. The number of guanidine groups is 1. The van der Waals surface area contributed by atoms with Gasteiger partial charge in [-0.05, 0) is 43.7 Å². The van der Waals surface area contributed by atoms with E-state index >= 15 is 0 Å². The molecule has 2 aliphatic rings. The van der Waals surface area contributed by atoms with Gasteiger partial charge in [0.1, 0.15) is 11.9 Å². The number of esters is 1. The molecular formula is C24H27FN4O3. The van der Waals surface area contributed by atoms with Crippen molar-refractivity contribution in [2.75, 3.05) is 37.7 Å². The number of piperazine rings is 1. The predicted octanol–water partition coefficient (Wildman–Crippen LogP) is 2.66. The summed E-state index contributed by atoms with van der Waals surface area (Å²) in [4.78, 5) is 34.6. The minimum Gasteiger partial charge on any atom is -0.465 e. The van der Waals surface area contributed by atoms with Crippen LogP contribution < -0.4 is 10.2 Å². The summed E-state index contributed by atoms with van der Waals surface area (Å²) in [6.07, 6.45) is 0. The Morgan fingerprint density at radius 1 is 1.12 bits per heavy atom. The largest absolute Gasteiger partial charge is 0.465 e. The summed E-state index contributed by atoms with van der Waals surface area (Å²) in [6, 6.07) is 13.5. The van der Waals surface area contributed by atoms with Crippen LogP contribution in [0.15, 0.2) is 53.5 Å². The smallest absolute Gasteiger partial charge is 0.321 e. The molecule has 2 heterocycles. The molecule has 2 aromatic carbocycles. The number of aryl methyl sites for hydroxylation is 1. The number of ether oxygens (including phenoxy) is 1. The van der Waals surface area contributed by atoms with Crippen LogP contribution in [0.5, 0.6) is 0 Å². The normalized spacial score (nSPS) is 21.1. The zero-order valence-electron chi connectivity index (χ0n) is 18.3. The van der Waals surface area contributed by atoms with Gasteiger partial charge in [-0.1, -0.05) is 29.8 Å². The van der Waals surface area contributed by atoms with E-state index in [1.807, 2.05) is 36.1 Å². The molecule has 1 fully saturated rings. The van der Waals surface area contributed by atoms with E-state index in [0.717, 1.165) is 16.8 Å². The summed E-state index contributed by atoms with van der Waals surface area (Å²) in [6.45, 7) is 6.57. The molecular weight excluding hydrogens is 411 g/mol. The van der Waals surface area contributed by atoms with Gasteiger partial charge in [-0.25, -0.2) is 9.38 Å². The molecule has 0 bridgehead atoms. The molecule has 4 rings (SSSR count). The fourth-order valence-corrected chi connectivity index (χ4v) is 4.15. The second kappa shape index (κ2) is 9.38. The Morgan fingerprint density at radius 2 is 1.81 bits per heavy atom. The molecule has 8 heteroatoms. The molecule has 0 aliphatic carbocycles. The highest BCUT2D eigenvalue weighted by Crippen LogP contribution is 2.31. The maximum absolute atomic E-state index is 13.2. The van der Waals surface area contributed by atoms with E-state index < -0.39 is 23.8 Å². The van der Waals surface area contributed by atoms with Gasteiger partial charge in [0.25, 0.3) is 0 Å². The molecule has 7 nitrogen and oxygen atoms in total. The maximum Gasteiger partial charge on any atom is 0.321 e. The van der Waals surface area contributed by atoms with Crippen LogP contribution in [-0.4, -0.2) is 55.5 Å². The summed E-state index contributed by atoms with van der Waals surface area (Å²) in [5, 5.41) is 2.82. The lowest BCUT2D eigenvalue weighted by Crippen LogP contribution is -2.57. The fourth-order valence-electron chi connectivity index (χ4n) is 4.15. The van der Waals surface area contributed by atoms with Crippen LogP contribution in [0.3, 0.4) is 0 Å². The minimum absolute atomic E-state index is 0.199. The maximum atomic E-state index is 13.2. The molecule has 168 valence electrons. The Balaban J connectivity index is 1.56. The first-order valence-electron chi connectivity index (χ1n) is 10.8. The van der Waals surface area contributed by atoms with Crippen LogP contribution in [0, 0.1) is 18.7 Å². The number of anilines is 1. The van der Waals surface area contributed by atoms with E-state index in [1.165, 1.54) is 12.1 Å². The third-order valence-electron chi connectivity index (χ3n) is 5.79. The third-order valence-corrected chi connectivity index (χ3v) is 5.79. The molecule has 0 saturated carbocycles. The molecule has 2 aliphatic heterocycles. The number of rotatable bonds is 4. The van der Waals surface area contributed by atoms with Gasteiger partial charge in [0.15, 0.2) is 5.92 Å². The van der Waals surface area contributed by atoms with Crippen molar-refractivity contribution in [3.63, 3.8) is 0 Å². The summed E-state index contributed by atoms with van der Waals surface area (Å²) in [5.41, 5.74) is 2.79. The van der Waals surface area contributed by atoms with Crippen molar-refractivity contribution in [1.29, 1.82) is 0 Å². The second-order valence-corrected chi connectivity index (χ2v) is 7.98. The average Bonchev–Trinajstić information content (AvgIpc) is 2.79. The fraction of sp³-hybridized carbons (Fsp3) is 0.375. The highest BCUT2D eigenvalue weighted by atomic mass is 19.1. The van der Waals surface area contributed by atoms with Crippen molar-refractivity contribution < 1.29 is 18.7 Å². The Kier molecular flexibility index (Phi) is 6.39. The Hall–Kier alpha value is -3.42. The third kappa shape index (κ3) is 4.59. The number of nitrogens with zero attached hydrogens (tertiary/aromatic N) is 3. The van der Waals surface area contributed by atoms with Gasteiger partial charge in [-0.2, -0.15) is 0 Å². The molecule has 1 amide bonds. The summed E-state index contributed by atoms with van der Waals surface area (Å²) in [7, 11) is 0. The number of aliphatic imine (C=N–C) groups is 1. The van der Waals surface area contributed by atoms with Crippen LogP contribution in [0.2, 0.25) is 0 Å². The zero-order valence-corrected chi connectivity index (χ0v) is 18.3. The summed E-state index contributed by atoms with van der Waals surface area (Å²) >= 11 is 0. The first-order chi connectivity index (χ1) is 15.5. The van der Waals surface area contributed by atoms with Crippen molar-refractivity contribution in [3.05, 3.63) is 65.5 Å². The van der Waals surface area contributed by atoms with Gasteiger partial charge in [-0.3, -0.25) is 14.9 Å². The topological polar surface area (TPSA) is 74.2 Å². The molecule has 1 saturated heterocycles. The van der Waals surface area contributed by atoms with Crippen molar-refractivity contribution in [1.82, 2.24) is 10.2 Å². The molecule has 0 radical (unpaired) electrons. The van der Waals surface area contributed by atoms with Gasteiger partial charge < -0.3 is 14.5 Å². The first-order valence-corrected chi connectivity index (χ1v) is 10.8. The second-order valence-electron chi connectivity index (χ2n) is 7.98. The molecule has 2 atom stereocenters. The highest BCUT2D eigenvalue weighted by Gasteiger charge is 2.42. The number of nitrogens with one attached hydrogen (secondary N) is 1. The van der Waals surface area contributed by atoms with Crippen molar-refractivity contribution in [2.24, 2.45) is 10.9 Å². The highest BCUT2D eigenvalue weighted by molar-refractivity contribution is 6.08. The van der Waals surface area contributed by atoms with Gasteiger partial charge in [0, 0.05) is 31.9 Å². The van der Waals surface area contributed by atoms with Crippen molar-refractivity contribution in [3.8, 4) is 0 Å². The van der Waals surface area contributed by atoms with Crippen LogP contribution in [-0.2, 0) is 14.3 Å². The van der Waals surface area contributed by atoms with E-state index in [1.54, 1.807) is 19.1 Å². The minimum atomic E-state index is -1.03. The number of halogens is 1. The molecule has 1 N–H and O–H groups in total. The van der Waals surface area contributed by atoms with Crippen LogP contribution in [0.25, 0.3) is 0 Å². The standard InChI is InChI=1S/C24H27FN4O3/c1-3-32-23(31)20-21(17-6-4-5-16(2)15-17)26-24(27-22(20)30)29-13-11-28(12-14-29)19-9-7-18(25)8-10-19/h4-10,15,20-21H,3,11-14H2,1-2H3,(H,26,27,30)/t20-,21+/m1/s1. The van der Waals surface area contributed by atoms with E-state index in [0.29, 0.717) is 32.1 Å². The van der Waals surface area contributed by atoms with Gasteiger partial charge in [-0.15, -0.1) is 0 Å². The predicted molar refractivity (Wildman–Crippen MR) is 120 cm³/mol. The number of carbonyl (C=O) groups excluding carboxylic acids is 2. The van der Waals surface area contributed by atoms with E-state index in [4.69, 9.17) is 9.73 Å². The van der Waals surface area contributed by atoms with Crippen LogP contribution in [0.1, 0.15) is 24.1 Å². The molecule has 0 unspecified atom stereocenters. The molecule has 0 aromatic heterocycles. The van der Waals surface area contributed by atoms with E-state index in [2.05, 4.69) is 10.2 Å². The van der Waals surface area contributed by atoms with Gasteiger partial charge in [0.2, 0.25) is 11.9 Å². The van der Waals surface area contributed by atoms with Crippen LogP contribution in [0.4, 0.5) is 10.1 Å². The lowest BCUT2D eigenvalue weighted by Gasteiger charge is -2.39. The molecule has 0 spiro atoms. The van der Waals surface area contributed by atoms with E-state index in [-0.39, 0.29) is 12.4 Å². The lowest BCUT2D eigenvalue weighted by atomic mass is 9.90. The number of hydrogen-bond acceptors (Lipinski definition) is 6. The van der Waals surface area contributed by atoms with Gasteiger partial charge >= 0.3 is 5.97 Å². The molecule has 32 heavy (non-hydrogen) atoms. The van der Waals surface area contributed by atoms with Crippen molar-refractivity contribution >= 4 is 23.5 Å².